The van der Waals surface area contributed by atoms with E-state index >= 15 is 0 Å². The Hall–Kier alpha value is -3.44. The van der Waals surface area contributed by atoms with Gasteiger partial charge in [-0.25, -0.2) is 5.43 Å². The molecule has 0 spiro atoms. The molecule has 5 heteroatoms. The second-order valence-corrected chi connectivity index (χ2v) is 7.67. The summed E-state index contributed by atoms with van der Waals surface area (Å²) in [4.78, 5) is 17.0. The van der Waals surface area contributed by atoms with E-state index in [1.54, 1.807) is 6.21 Å². The van der Waals surface area contributed by atoms with Crippen molar-refractivity contribution in [2.75, 3.05) is 24.5 Å². The van der Waals surface area contributed by atoms with E-state index in [9.17, 15) is 4.79 Å². The summed E-state index contributed by atoms with van der Waals surface area (Å²) in [6.45, 7) is 7.90. The molecular weight excluding hydrogens is 396 g/mol. The Morgan fingerprint density at radius 1 is 0.812 bits per heavy atom. The first-order chi connectivity index (χ1) is 15.7. The zero-order valence-electron chi connectivity index (χ0n) is 18.9. The van der Waals surface area contributed by atoms with E-state index in [0.717, 1.165) is 18.7 Å². The van der Waals surface area contributed by atoms with Crippen molar-refractivity contribution in [2.45, 2.75) is 26.9 Å². The van der Waals surface area contributed by atoms with Crippen LogP contribution in [0.15, 0.2) is 90.0 Å². The van der Waals surface area contributed by atoms with Crippen molar-refractivity contribution < 1.29 is 4.79 Å². The van der Waals surface area contributed by atoms with Gasteiger partial charge in [-0.3, -0.25) is 9.69 Å². The number of carbonyl (C=O) groups is 1. The van der Waals surface area contributed by atoms with E-state index in [2.05, 4.69) is 70.6 Å². The maximum absolute atomic E-state index is 12.6. The second kappa shape index (κ2) is 12.4. The molecule has 3 aromatic rings. The van der Waals surface area contributed by atoms with E-state index < -0.39 is 0 Å². The van der Waals surface area contributed by atoms with Gasteiger partial charge in [0, 0.05) is 31.9 Å². The van der Waals surface area contributed by atoms with Crippen LogP contribution >= 0.6 is 0 Å². The third-order valence-electron chi connectivity index (χ3n) is 5.29. The number of amides is 1. The summed E-state index contributed by atoms with van der Waals surface area (Å²) >= 11 is 0. The Bertz CT molecular complexity index is 926. The SMILES string of the molecule is CCN(CC)c1ccc(C=NNC(=O)CN(Cc2ccccc2)Cc2ccccc2)cc1. The number of hydrazone groups is 1. The summed E-state index contributed by atoms with van der Waals surface area (Å²) in [5.74, 6) is -0.132. The number of rotatable bonds is 11. The monoisotopic (exact) mass is 428 g/mol. The third-order valence-corrected chi connectivity index (χ3v) is 5.29. The Balaban J connectivity index is 1.58. The van der Waals surface area contributed by atoms with Crippen molar-refractivity contribution in [3.05, 3.63) is 102 Å². The van der Waals surface area contributed by atoms with Crippen molar-refractivity contribution in [3.8, 4) is 0 Å². The summed E-state index contributed by atoms with van der Waals surface area (Å²) < 4.78 is 0. The molecule has 1 N–H and O–H groups in total. The van der Waals surface area contributed by atoms with Gasteiger partial charge < -0.3 is 4.90 Å². The third kappa shape index (κ3) is 7.36. The molecule has 166 valence electrons. The molecule has 0 bridgehead atoms. The van der Waals surface area contributed by atoms with Crippen LogP contribution in [0, 0.1) is 0 Å². The molecule has 0 aliphatic rings. The predicted molar refractivity (Wildman–Crippen MR) is 133 cm³/mol. The Morgan fingerprint density at radius 3 is 1.84 bits per heavy atom. The lowest BCUT2D eigenvalue weighted by Crippen LogP contribution is -2.34. The van der Waals surface area contributed by atoms with Gasteiger partial charge in [-0.1, -0.05) is 72.8 Å². The first-order valence-electron chi connectivity index (χ1n) is 11.1. The van der Waals surface area contributed by atoms with Gasteiger partial charge in [0.05, 0.1) is 12.8 Å². The van der Waals surface area contributed by atoms with Gasteiger partial charge in [0.2, 0.25) is 0 Å². The fourth-order valence-corrected chi connectivity index (χ4v) is 3.63. The van der Waals surface area contributed by atoms with E-state index in [4.69, 9.17) is 0 Å². The largest absolute Gasteiger partial charge is 0.372 e. The molecule has 0 saturated carbocycles. The highest BCUT2D eigenvalue weighted by Crippen LogP contribution is 2.14. The van der Waals surface area contributed by atoms with Crippen molar-refractivity contribution in [1.82, 2.24) is 10.3 Å². The lowest BCUT2D eigenvalue weighted by molar-refractivity contribution is -0.122. The van der Waals surface area contributed by atoms with Gasteiger partial charge in [0.1, 0.15) is 0 Å². The van der Waals surface area contributed by atoms with Crippen molar-refractivity contribution in [1.29, 1.82) is 0 Å². The first kappa shape index (κ1) is 23.2. The summed E-state index contributed by atoms with van der Waals surface area (Å²) in [5, 5.41) is 4.16. The fraction of sp³-hybridized carbons (Fsp3) is 0.259. The molecule has 1 amide bonds. The van der Waals surface area contributed by atoms with E-state index in [1.807, 2.05) is 48.5 Å². The molecule has 32 heavy (non-hydrogen) atoms. The molecular formula is C27H32N4O. The van der Waals surface area contributed by atoms with Gasteiger partial charge in [-0.2, -0.15) is 5.10 Å². The highest BCUT2D eigenvalue weighted by Gasteiger charge is 2.12. The van der Waals surface area contributed by atoms with E-state index in [1.165, 1.54) is 16.8 Å². The van der Waals surface area contributed by atoms with Crippen LogP contribution in [0.3, 0.4) is 0 Å². The van der Waals surface area contributed by atoms with Gasteiger partial charge in [0.15, 0.2) is 0 Å². The molecule has 3 rings (SSSR count). The Morgan fingerprint density at radius 2 is 1.34 bits per heavy atom. The molecule has 0 fully saturated rings. The van der Waals surface area contributed by atoms with Crippen LogP contribution in [0.25, 0.3) is 0 Å². The topological polar surface area (TPSA) is 47.9 Å². The van der Waals surface area contributed by atoms with Gasteiger partial charge in [0.25, 0.3) is 5.91 Å². The molecule has 0 radical (unpaired) electrons. The molecule has 0 heterocycles. The number of hydrogen-bond acceptors (Lipinski definition) is 4. The molecule has 5 nitrogen and oxygen atoms in total. The van der Waals surface area contributed by atoms with Gasteiger partial charge in [-0.15, -0.1) is 0 Å². The smallest absolute Gasteiger partial charge is 0.254 e. The zero-order chi connectivity index (χ0) is 22.6. The number of nitrogens with one attached hydrogen (secondary N) is 1. The minimum atomic E-state index is -0.132. The van der Waals surface area contributed by atoms with E-state index in [-0.39, 0.29) is 12.5 Å². The number of hydrogen-bond donors (Lipinski definition) is 1. The van der Waals surface area contributed by atoms with Crippen LogP contribution < -0.4 is 10.3 Å². The van der Waals surface area contributed by atoms with Crippen LogP contribution in [0.2, 0.25) is 0 Å². The molecule has 0 aliphatic carbocycles. The molecule has 3 aromatic carbocycles. The number of benzene rings is 3. The fourth-order valence-electron chi connectivity index (χ4n) is 3.63. The minimum Gasteiger partial charge on any atom is -0.372 e. The summed E-state index contributed by atoms with van der Waals surface area (Å²) in [6, 6.07) is 28.6. The lowest BCUT2D eigenvalue weighted by atomic mass is 10.1. The average molecular weight is 429 g/mol. The molecule has 0 aromatic heterocycles. The van der Waals surface area contributed by atoms with Crippen molar-refractivity contribution >= 4 is 17.8 Å². The quantitative estimate of drug-likeness (QED) is 0.356. The number of nitrogens with zero attached hydrogens (tertiary/aromatic N) is 3. The van der Waals surface area contributed by atoms with Crippen LogP contribution in [-0.4, -0.2) is 36.7 Å². The van der Waals surface area contributed by atoms with Crippen molar-refractivity contribution in [2.24, 2.45) is 5.10 Å². The number of carbonyl (C=O) groups excluding carboxylic acids is 1. The molecule has 0 saturated heterocycles. The second-order valence-electron chi connectivity index (χ2n) is 7.67. The minimum absolute atomic E-state index is 0.132. The molecule has 0 aliphatic heterocycles. The maximum Gasteiger partial charge on any atom is 0.254 e. The average Bonchev–Trinajstić information content (AvgIpc) is 2.82. The predicted octanol–water partition coefficient (Wildman–Crippen LogP) is 4.69. The standard InChI is InChI=1S/C27H32N4O/c1-3-31(4-2)26-17-15-23(16-18-26)19-28-29-27(32)22-30(20-24-11-7-5-8-12-24)21-25-13-9-6-10-14-25/h5-19H,3-4,20-22H2,1-2H3,(H,29,32). The first-order valence-corrected chi connectivity index (χ1v) is 11.1. The van der Waals surface area contributed by atoms with Crippen LogP contribution in [0.4, 0.5) is 5.69 Å². The highest BCUT2D eigenvalue weighted by atomic mass is 16.2. The Labute approximate surface area is 191 Å². The maximum atomic E-state index is 12.6. The summed E-state index contributed by atoms with van der Waals surface area (Å²) in [6.07, 6.45) is 1.68. The van der Waals surface area contributed by atoms with Gasteiger partial charge >= 0.3 is 0 Å². The molecule has 0 unspecified atom stereocenters. The highest BCUT2D eigenvalue weighted by molar-refractivity contribution is 5.83. The van der Waals surface area contributed by atoms with Crippen LogP contribution in [-0.2, 0) is 17.9 Å². The van der Waals surface area contributed by atoms with Gasteiger partial charge in [-0.05, 0) is 42.7 Å². The summed E-state index contributed by atoms with van der Waals surface area (Å²) in [7, 11) is 0. The lowest BCUT2D eigenvalue weighted by Gasteiger charge is -2.21. The van der Waals surface area contributed by atoms with E-state index in [0.29, 0.717) is 13.1 Å². The van der Waals surface area contributed by atoms with Crippen molar-refractivity contribution in [3.63, 3.8) is 0 Å². The van der Waals surface area contributed by atoms with Crippen LogP contribution in [0.1, 0.15) is 30.5 Å². The zero-order valence-corrected chi connectivity index (χ0v) is 18.9. The summed E-state index contributed by atoms with van der Waals surface area (Å²) in [5.41, 5.74) is 7.16. The normalized spacial score (nSPS) is 11.1. The van der Waals surface area contributed by atoms with Crippen LogP contribution in [0.5, 0.6) is 0 Å². The molecule has 0 atom stereocenters. The Kier molecular flexibility index (Phi) is 9.02. The number of anilines is 1.